The van der Waals surface area contributed by atoms with Crippen LogP contribution in [0.5, 0.6) is 0 Å². The summed E-state index contributed by atoms with van der Waals surface area (Å²) in [5.74, 6) is 0. The summed E-state index contributed by atoms with van der Waals surface area (Å²) in [6, 6.07) is 0. The quantitative estimate of drug-likeness (QED) is 0.246. The molecule has 4 nitrogen and oxygen atoms in total. The van der Waals surface area contributed by atoms with Gasteiger partial charge < -0.3 is 4.84 Å². The van der Waals surface area contributed by atoms with E-state index in [-0.39, 0.29) is 29.6 Å². The Kier molecular flexibility index (Phi) is 8.24. The van der Waals surface area contributed by atoms with Crippen LogP contribution in [0.25, 0.3) is 0 Å². The fourth-order valence-corrected chi connectivity index (χ4v) is 0. The van der Waals surface area contributed by atoms with Gasteiger partial charge in [0, 0.05) is 0 Å². The zero-order chi connectivity index (χ0) is 4.28. The van der Waals surface area contributed by atoms with Crippen LogP contribution >= 0.6 is 0 Å². The van der Waals surface area contributed by atoms with Gasteiger partial charge in [-0.2, -0.15) is 0 Å². The zero-order valence-corrected chi connectivity index (χ0v) is 2.67. The molecular weight excluding hydrogens is 97.0 g/mol. The molecule has 0 saturated heterocycles. The third kappa shape index (κ3) is 8.89. The van der Waals surface area contributed by atoms with E-state index in [0.717, 1.165) is 7.11 Å². The molecule has 0 aliphatic carbocycles. The summed E-state index contributed by atoms with van der Waals surface area (Å²) in [5, 5.41) is 8.08. The molecule has 6 heavy (non-hydrogen) atoms. The molecule has 0 aliphatic heterocycles. The zero-order valence-electron chi connectivity index (χ0n) is 2.67. The first-order valence-electron chi connectivity index (χ1n) is 0.956. The van der Waals surface area contributed by atoms with Crippen molar-refractivity contribution in [1.29, 1.82) is 0 Å². The number of hydrogen-bond donors (Lipinski definition) is 0. The molecule has 0 heterocycles. The van der Waals surface area contributed by atoms with Crippen LogP contribution in [0, 0.1) is 10.1 Å². The van der Waals surface area contributed by atoms with Gasteiger partial charge in [0.05, 0.1) is 7.11 Å². The molecule has 0 fully saturated rings. The molecule has 0 spiro atoms. The molecule has 0 saturated carbocycles. The van der Waals surface area contributed by atoms with E-state index in [2.05, 4.69) is 4.84 Å². The molecule has 0 unspecified atom stereocenters. The van der Waals surface area contributed by atoms with Gasteiger partial charge in [-0.3, -0.25) is 0 Å². The van der Waals surface area contributed by atoms with Crippen molar-refractivity contribution in [3.05, 3.63) is 10.1 Å². The fraction of sp³-hybridized carbons (Fsp3) is 1.00. The van der Waals surface area contributed by atoms with Crippen molar-refractivity contribution in [2.45, 2.75) is 0 Å². The van der Waals surface area contributed by atoms with Crippen LogP contribution in [-0.4, -0.2) is 41.8 Å². The second kappa shape index (κ2) is 5.20. The van der Waals surface area contributed by atoms with Crippen molar-refractivity contribution >= 4 is 29.6 Å². The van der Waals surface area contributed by atoms with Crippen LogP contribution in [-0.2, 0) is 4.84 Å². The predicted octanol–water partition coefficient (Wildman–Crippen LogP) is -0.824. The van der Waals surface area contributed by atoms with E-state index in [1.807, 2.05) is 0 Å². The van der Waals surface area contributed by atoms with E-state index >= 15 is 0 Å². The number of nitrogens with zero attached hydrogens (tertiary/aromatic N) is 1. The second-order valence-electron chi connectivity index (χ2n) is 0.406. The Morgan fingerprint density at radius 3 is 2.00 bits per heavy atom. The maximum atomic E-state index is 8.95. The summed E-state index contributed by atoms with van der Waals surface area (Å²) in [7, 11) is 1.00. The molecule has 0 amide bonds. The van der Waals surface area contributed by atoms with Crippen LogP contribution in [0.2, 0.25) is 0 Å². The number of rotatable bonds is 1. The van der Waals surface area contributed by atoms with Gasteiger partial charge in [-0.1, -0.05) is 0 Å². The van der Waals surface area contributed by atoms with E-state index < -0.39 is 5.09 Å². The third-order valence-electron chi connectivity index (χ3n) is 0.149. The summed E-state index contributed by atoms with van der Waals surface area (Å²) >= 11 is 0. The normalized spacial score (nSPS) is 5.50. The molecule has 0 rings (SSSR count). The Hall–Kier alpha value is 0.200. The predicted molar refractivity (Wildman–Crippen MR) is 21.2 cm³/mol. The van der Waals surface area contributed by atoms with E-state index in [4.69, 9.17) is 10.1 Å². The minimum absolute atomic E-state index is 0. The molecule has 0 N–H and O–H groups in total. The summed E-state index contributed by atoms with van der Waals surface area (Å²) in [5.41, 5.74) is 0. The van der Waals surface area contributed by atoms with Gasteiger partial charge in [-0.05, 0) is 0 Å². The first-order valence-corrected chi connectivity index (χ1v) is 0.956. The van der Waals surface area contributed by atoms with E-state index in [0.29, 0.717) is 0 Å². The van der Waals surface area contributed by atoms with E-state index in [1.54, 1.807) is 0 Å². The minimum atomic E-state index is -0.875. The molecule has 0 atom stereocenters. The third-order valence-corrected chi connectivity index (χ3v) is 0.149. The molecule has 0 radical (unpaired) electrons. The standard InChI is InChI=1S/CH3NO3.Na.H/c1-5-2(3)4;;/h1H3;;. The Balaban J connectivity index is 0. The average molecular weight is 101 g/mol. The van der Waals surface area contributed by atoms with E-state index in [9.17, 15) is 0 Å². The molecule has 0 aromatic carbocycles. The average Bonchev–Trinajstić information content (AvgIpc) is 1.38. The molecule has 0 aromatic heterocycles. The Bertz CT molecular complexity index is 46.1. The van der Waals surface area contributed by atoms with Gasteiger partial charge >= 0.3 is 29.6 Å². The molecule has 0 bridgehead atoms. The van der Waals surface area contributed by atoms with Crippen molar-refractivity contribution in [2.75, 3.05) is 7.11 Å². The number of hydrogen-bond acceptors (Lipinski definition) is 3. The molecule has 0 aromatic rings. The van der Waals surface area contributed by atoms with E-state index in [1.165, 1.54) is 0 Å². The van der Waals surface area contributed by atoms with Crippen molar-refractivity contribution in [1.82, 2.24) is 0 Å². The van der Waals surface area contributed by atoms with Gasteiger partial charge in [0.25, 0.3) is 5.09 Å². The molecule has 32 valence electrons. The summed E-state index contributed by atoms with van der Waals surface area (Å²) in [6.45, 7) is 0. The maximum absolute atomic E-state index is 8.95. The van der Waals surface area contributed by atoms with Crippen LogP contribution in [0.1, 0.15) is 0 Å². The van der Waals surface area contributed by atoms with Gasteiger partial charge in [0.15, 0.2) is 0 Å². The van der Waals surface area contributed by atoms with Gasteiger partial charge in [0.2, 0.25) is 0 Å². The Morgan fingerprint density at radius 1 is 1.83 bits per heavy atom. The molecule has 0 aliphatic rings. The van der Waals surface area contributed by atoms with Gasteiger partial charge in [-0.15, -0.1) is 10.1 Å². The van der Waals surface area contributed by atoms with Gasteiger partial charge in [0.1, 0.15) is 0 Å². The first-order chi connectivity index (χ1) is 2.27. The van der Waals surface area contributed by atoms with Crippen LogP contribution in [0.3, 0.4) is 0 Å². The summed E-state index contributed by atoms with van der Waals surface area (Å²) in [6.07, 6.45) is 0. The second-order valence-corrected chi connectivity index (χ2v) is 0.406. The van der Waals surface area contributed by atoms with Crippen LogP contribution in [0.4, 0.5) is 0 Å². The molecule has 5 heteroatoms. The first kappa shape index (κ1) is 9.50. The van der Waals surface area contributed by atoms with Crippen molar-refractivity contribution < 1.29 is 9.92 Å². The topological polar surface area (TPSA) is 52.4 Å². The Labute approximate surface area is 56.9 Å². The SMILES string of the molecule is CO[N+](=O)[O-].[NaH]. The van der Waals surface area contributed by atoms with Crippen molar-refractivity contribution in [3.63, 3.8) is 0 Å². The fourth-order valence-electron chi connectivity index (χ4n) is 0. The van der Waals surface area contributed by atoms with Crippen LogP contribution < -0.4 is 0 Å². The summed E-state index contributed by atoms with van der Waals surface area (Å²) in [4.78, 5) is 12.4. The van der Waals surface area contributed by atoms with Crippen LogP contribution in [0.15, 0.2) is 0 Å². The Morgan fingerprint density at radius 2 is 2.00 bits per heavy atom. The van der Waals surface area contributed by atoms with Gasteiger partial charge in [-0.25, -0.2) is 0 Å². The molecular formula is CH4NNaO3. The summed E-state index contributed by atoms with van der Waals surface area (Å²) < 4.78 is 0. The van der Waals surface area contributed by atoms with Crippen molar-refractivity contribution in [2.24, 2.45) is 0 Å². The van der Waals surface area contributed by atoms with Crippen molar-refractivity contribution in [3.8, 4) is 0 Å². The monoisotopic (exact) mass is 101 g/mol.